The zero-order chi connectivity index (χ0) is 12.1. The standard InChI is InChI=1S/C13H18N2OS/c1-2-10(14)6-5-9-17-13-15-11-7-3-4-8-12(11)16-13/h3-4,7-8,10H,2,5-6,9,14H2,1H3. The maximum atomic E-state index is 5.87. The van der Waals surface area contributed by atoms with Crippen molar-refractivity contribution in [3.63, 3.8) is 0 Å². The number of rotatable bonds is 6. The van der Waals surface area contributed by atoms with E-state index in [1.807, 2.05) is 24.3 Å². The Labute approximate surface area is 106 Å². The Morgan fingerprint density at radius 2 is 2.24 bits per heavy atom. The van der Waals surface area contributed by atoms with Crippen LogP contribution in [0.15, 0.2) is 33.9 Å². The van der Waals surface area contributed by atoms with E-state index in [0.29, 0.717) is 6.04 Å². The second kappa shape index (κ2) is 6.07. The minimum absolute atomic E-state index is 0.333. The molecule has 0 amide bonds. The third-order valence-electron chi connectivity index (χ3n) is 2.74. The summed E-state index contributed by atoms with van der Waals surface area (Å²) in [5.74, 6) is 1.01. The molecule has 3 nitrogen and oxygen atoms in total. The Morgan fingerprint density at radius 1 is 1.41 bits per heavy atom. The predicted octanol–water partition coefficient (Wildman–Crippen LogP) is 3.44. The summed E-state index contributed by atoms with van der Waals surface area (Å²) in [7, 11) is 0. The van der Waals surface area contributed by atoms with E-state index in [-0.39, 0.29) is 0 Å². The third-order valence-corrected chi connectivity index (χ3v) is 3.66. The number of fused-ring (bicyclic) bond motifs is 1. The first-order valence-corrected chi connectivity index (χ1v) is 7.02. The molecule has 0 aliphatic heterocycles. The van der Waals surface area contributed by atoms with Crippen LogP contribution in [-0.4, -0.2) is 16.8 Å². The van der Waals surface area contributed by atoms with Crippen molar-refractivity contribution < 1.29 is 4.42 Å². The molecule has 0 saturated heterocycles. The summed E-state index contributed by atoms with van der Waals surface area (Å²) in [4.78, 5) is 4.41. The van der Waals surface area contributed by atoms with Gasteiger partial charge in [-0.3, -0.25) is 0 Å². The Balaban J connectivity index is 1.83. The van der Waals surface area contributed by atoms with Crippen molar-refractivity contribution in [2.24, 2.45) is 5.73 Å². The first kappa shape index (κ1) is 12.5. The highest BCUT2D eigenvalue weighted by Crippen LogP contribution is 2.23. The van der Waals surface area contributed by atoms with Crippen LogP contribution in [-0.2, 0) is 0 Å². The molecule has 2 N–H and O–H groups in total. The topological polar surface area (TPSA) is 52.0 Å². The van der Waals surface area contributed by atoms with Crippen LogP contribution in [0, 0.1) is 0 Å². The number of nitrogens with zero attached hydrogens (tertiary/aromatic N) is 1. The molecule has 0 saturated carbocycles. The minimum atomic E-state index is 0.333. The van der Waals surface area contributed by atoms with Crippen molar-refractivity contribution in [2.75, 3.05) is 5.75 Å². The van der Waals surface area contributed by atoms with Gasteiger partial charge in [-0.15, -0.1) is 0 Å². The van der Waals surface area contributed by atoms with Crippen LogP contribution < -0.4 is 5.73 Å². The second-order valence-electron chi connectivity index (χ2n) is 4.11. The normalized spacial score (nSPS) is 13.1. The molecule has 1 unspecified atom stereocenters. The smallest absolute Gasteiger partial charge is 0.256 e. The summed E-state index contributed by atoms with van der Waals surface area (Å²) >= 11 is 1.67. The van der Waals surface area contributed by atoms with Crippen molar-refractivity contribution in [1.29, 1.82) is 0 Å². The molecule has 0 fully saturated rings. The largest absolute Gasteiger partial charge is 0.431 e. The highest BCUT2D eigenvalue weighted by atomic mass is 32.2. The van der Waals surface area contributed by atoms with E-state index in [1.54, 1.807) is 11.8 Å². The van der Waals surface area contributed by atoms with Crippen molar-refractivity contribution in [3.05, 3.63) is 24.3 Å². The van der Waals surface area contributed by atoms with Gasteiger partial charge >= 0.3 is 0 Å². The van der Waals surface area contributed by atoms with E-state index in [9.17, 15) is 0 Å². The first-order chi connectivity index (χ1) is 8.29. The third kappa shape index (κ3) is 3.48. The monoisotopic (exact) mass is 250 g/mol. The lowest BCUT2D eigenvalue weighted by Gasteiger charge is -2.06. The van der Waals surface area contributed by atoms with Gasteiger partial charge in [0.2, 0.25) is 0 Å². The van der Waals surface area contributed by atoms with Gasteiger partial charge < -0.3 is 10.2 Å². The number of benzene rings is 1. The maximum absolute atomic E-state index is 5.87. The Kier molecular flexibility index (Phi) is 4.45. The molecule has 0 spiro atoms. The molecule has 0 radical (unpaired) electrons. The molecule has 0 aliphatic rings. The lowest BCUT2D eigenvalue weighted by Crippen LogP contribution is -2.18. The number of thioether (sulfide) groups is 1. The van der Waals surface area contributed by atoms with Crippen LogP contribution in [0.5, 0.6) is 0 Å². The number of aromatic nitrogens is 1. The number of hydrogen-bond acceptors (Lipinski definition) is 4. The molecule has 0 aliphatic carbocycles. The zero-order valence-corrected chi connectivity index (χ0v) is 10.9. The van der Waals surface area contributed by atoms with E-state index in [2.05, 4.69) is 11.9 Å². The SMILES string of the molecule is CCC(N)CCCSc1nc2ccccc2o1. The van der Waals surface area contributed by atoms with Gasteiger partial charge in [-0.1, -0.05) is 30.8 Å². The van der Waals surface area contributed by atoms with E-state index < -0.39 is 0 Å². The number of hydrogen-bond donors (Lipinski definition) is 1. The van der Waals surface area contributed by atoms with Crippen molar-refractivity contribution in [3.8, 4) is 0 Å². The average Bonchev–Trinajstić information content (AvgIpc) is 2.76. The zero-order valence-electron chi connectivity index (χ0n) is 10.1. The minimum Gasteiger partial charge on any atom is -0.431 e. The van der Waals surface area contributed by atoms with Crippen LogP contribution in [0.1, 0.15) is 26.2 Å². The van der Waals surface area contributed by atoms with Gasteiger partial charge in [0.15, 0.2) is 5.58 Å². The summed E-state index contributed by atoms with van der Waals surface area (Å²) in [5, 5.41) is 0.760. The molecular weight excluding hydrogens is 232 g/mol. The van der Waals surface area contributed by atoms with Crippen LogP contribution in [0.3, 0.4) is 0 Å². The molecule has 1 aromatic heterocycles. The molecule has 92 valence electrons. The van der Waals surface area contributed by atoms with Gasteiger partial charge in [0.25, 0.3) is 5.22 Å². The first-order valence-electron chi connectivity index (χ1n) is 6.03. The Hall–Kier alpha value is -1.00. The van der Waals surface area contributed by atoms with Gasteiger partial charge in [-0.25, -0.2) is 4.98 Å². The Morgan fingerprint density at radius 3 is 3.00 bits per heavy atom. The van der Waals surface area contributed by atoms with E-state index >= 15 is 0 Å². The molecule has 1 heterocycles. The molecule has 0 bridgehead atoms. The van der Waals surface area contributed by atoms with Gasteiger partial charge in [0.1, 0.15) is 5.52 Å². The fourth-order valence-electron chi connectivity index (χ4n) is 1.62. The number of para-hydroxylation sites is 2. The van der Waals surface area contributed by atoms with Gasteiger partial charge in [-0.2, -0.15) is 0 Å². The predicted molar refractivity (Wildman–Crippen MR) is 72.2 cm³/mol. The fraction of sp³-hybridized carbons (Fsp3) is 0.462. The summed E-state index contributed by atoms with van der Waals surface area (Å²) in [6, 6.07) is 8.18. The molecule has 1 atom stereocenters. The van der Waals surface area contributed by atoms with E-state index in [0.717, 1.165) is 41.3 Å². The highest BCUT2D eigenvalue weighted by Gasteiger charge is 2.05. The van der Waals surface area contributed by atoms with Gasteiger partial charge in [-0.05, 0) is 31.4 Å². The van der Waals surface area contributed by atoms with E-state index in [4.69, 9.17) is 10.2 Å². The van der Waals surface area contributed by atoms with Crippen molar-refractivity contribution in [2.45, 2.75) is 37.5 Å². The quantitative estimate of drug-likeness (QED) is 0.630. The molecule has 2 aromatic rings. The Bertz CT molecular complexity index is 436. The van der Waals surface area contributed by atoms with Crippen molar-refractivity contribution in [1.82, 2.24) is 4.98 Å². The fourth-order valence-corrected chi connectivity index (χ4v) is 2.42. The van der Waals surface area contributed by atoms with Crippen LogP contribution in [0.4, 0.5) is 0 Å². The lowest BCUT2D eigenvalue weighted by molar-refractivity contribution is 0.489. The summed E-state index contributed by atoms with van der Waals surface area (Å²) in [6.45, 7) is 2.12. The molecule has 4 heteroatoms. The van der Waals surface area contributed by atoms with E-state index in [1.165, 1.54) is 0 Å². The molecule has 17 heavy (non-hydrogen) atoms. The summed E-state index contributed by atoms with van der Waals surface area (Å²) in [6.07, 6.45) is 3.23. The molecule has 2 rings (SSSR count). The summed E-state index contributed by atoms with van der Waals surface area (Å²) in [5.41, 5.74) is 7.66. The maximum Gasteiger partial charge on any atom is 0.256 e. The van der Waals surface area contributed by atoms with Crippen LogP contribution in [0.25, 0.3) is 11.1 Å². The van der Waals surface area contributed by atoms with Crippen molar-refractivity contribution >= 4 is 22.9 Å². The summed E-state index contributed by atoms with van der Waals surface area (Å²) < 4.78 is 5.62. The highest BCUT2D eigenvalue weighted by molar-refractivity contribution is 7.99. The molecular formula is C13H18N2OS. The average molecular weight is 250 g/mol. The lowest BCUT2D eigenvalue weighted by atomic mass is 10.1. The van der Waals surface area contributed by atoms with Gasteiger partial charge in [0.05, 0.1) is 0 Å². The van der Waals surface area contributed by atoms with Crippen LogP contribution >= 0.6 is 11.8 Å². The van der Waals surface area contributed by atoms with Gasteiger partial charge in [0, 0.05) is 11.8 Å². The van der Waals surface area contributed by atoms with Crippen LogP contribution in [0.2, 0.25) is 0 Å². The number of nitrogens with two attached hydrogens (primary N) is 1. The number of oxazole rings is 1. The second-order valence-corrected chi connectivity index (χ2v) is 5.15. The molecule has 1 aromatic carbocycles.